The lowest BCUT2D eigenvalue weighted by Crippen LogP contribution is -2.57. The minimum Gasteiger partial charge on any atom is -0.444 e. The molecule has 1 N–H and O–H groups in total. The number of carbonyl (C=O) groups excluding carboxylic acids is 1. The molecule has 2 unspecified atom stereocenters. The Balaban J connectivity index is 2.13. The summed E-state index contributed by atoms with van der Waals surface area (Å²) in [4.78, 5) is 14.5. The third kappa shape index (κ3) is 4.09. The summed E-state index contributed by atoms with van der Waals surface area (Å²) in [5.41, 5.74) is -0.461. The summed E-state index contributed by atoms with van der Waals surface area (Å²) < 4.78 is 12.3. The monoisotopic (exact) mass is 342 g/mol. The van der Waals surface area contributed by atoms with Gasteiger partial charge in [0.1, 0.15) is 5.60 Å². The van der Waals surface area contributed by atoms with Crippen molar-refractivity contribution in [1.29, 1.82) is 0 Å². The van der Waals surface area contributed by atoms with E-state index < -0.39 is 13.9 Å². The second-order valence-electron chi connectivity index (χ2n) is 9.42. The molecule has 3 atom stereocenters. The lowest BCUT2D eigenvalue weighted by molar-refractivity contribution is 0.00437. The summed E-state index contributed by atoms with van der Waals surface area (Å²) in [5.74, 6) is 0. The Bertz CT molecular complexity index is 454. The highest BCUT2D eigenvalue weighted by Gasteiger charge is 2.51. The number of hydrogen-bond donors (Lipinski definition) is 1. The van der Waals surface area contributed by atoms with Crippen LogP contribution in [0.1, 0.15) is 48.0 Å². The van der Waals surface area contributed by atoms with Gasteiger partial charge in [-0.1, -0.05) is 20.8 Å². The van der Waals surface area contributed by atoms with E-state index in [2.05, 4.69) is 39.2 Å². The molecule has 2 heterocycles. The van der Waals surface area contributed by atoms with Gasteiger partial charge >= 0.3 is 6.09 Å². The van der Waals surface area contributed by atoms with Crippen LogP contribution in [0.4, 0.5) is 4.79 Å². The minimum atomic E-state index is -1.85. The van der Waals surface area contributed by atoms with E-state index in [1.165, 1.54) is 0 Å². The molecule has 0 saturated carbocycles. The van der Waals surface area contributed by atoms with Crippen LogP contribution in [-0.4, -0.2) is 56.2 Å². The second kappa shape index (κ2) is 6.04. The van der Waals surface area contributed by atoms with Crippen molar-refractivity contribution in [2.24, 2.45) is 0 Å². The third-order valence-electron chi connectivity index (χ3n) is 5.27. The fraction of sp³-hybridized carbons (Fsp3) is 0.941. The normalized spacial score (nSPS) is 28.9. The SMILES string of the molecule is CC(C)(C)OC(=O)N1C2CNCC1[C@H](O[Si](C)(C)C(C)(C)C)C2. The van der Waals surface area contributed by atoms with E-state index in [1.807, 2.05) is 25.7 Å². The Labute approximate surface area is 142 Å². The molecule has 0 aromatic carbocycles. The lowest BCUT2D eigenvalue weighted by Gasteiger charge is -2.41. The van der Waals surface area contributed by atoms with Crippen molar-refractivity contribution >= 4 is 14.4 Å². The number of amides is 1. The molecule has 2 rings (SSSR count). The molecule has 0 aliphatic carbocycles. The standard InChI is InChI=1S/C17H34N2O3Si/c1-16(2,3)21-15(20)19-12-9-14(13(19)11-18-10-12)22-23(7,8)17(4,5)6/h12-14,18H,9-11H2,1-8H3/t12?,13?,14-/m1/s1. The zero-order valence-corrected chi connectivity index (χ0v) is 17.0. The maximum Gasteiger partial charge on any atom is 0.410 e. The van der Waals surface area contributed by atoms with Gasteiger partial charge in [0, 0.05) is 13.1 Å². The predicted octanol–water partition coefficient (Wildman–Crippen LogP) is 3.36. The van der Waals surface area contributed by atoms with Crippen LogP contribution < -0.4 is 5.32 Å². The van der Waals surface area contributed by atoms with Gasteiger partial charge in [-0.2, -0.15) is 0 Å². The average Bonchev–Trinajstić information content (AvgIpc) is 2.52. The highest BCUT2D eigenvalue weighted by atomic mass is 28.4. The number of hydrogen-bond acceptors (Lipinski definition) is 4. The van der Waals surface area contributed by atoms with Crippen LogP contribution in [0.25, 0.3) is 0 Å². The van der Waals surface area contributed by atoms with Gasteiger partial charge in [0.2, 0.25) is 0 Å². The predicted molar refractivity (Wildman–Crippen MR) is 95.2 cm³/mol. The Morgan fingerprint density at radius 1 is 1.13 bits per heavy atom. The molecule has 0 radical (unpaired) electrons. The molecule has 6 heteroatoms. The Morgan fingerprint density at radius 3 is 2.26 bits per heavy atom. The van der Waals surface area contributed by atoms with Gasteiger partial charge in [-0.05, 0) is 45.3 Å². The van der Waals surface area contributed by atoms with Crippen LogP contribution in [0, 0.1) is 0 Å². The number of ether oxygens (including phenoxy) is 1. The highest BCUT2D eigenvalue weighted by Crippen LogP contribution is 2.41. The first-order chi connectivity index (χ1) is 10.3. The van der Waals surface area contributed by atoms with Crippen LogP contribution >= 0.6 is 0 Å². The van der Waals surface area contributed by atoms with Crippen LogP contribution in [0.2, 0.25) is 18.1 Å². The fourth-order valence-electron chi connectivity index (χ4n) is 3.08. The summed E-state index contributed by atoms with van der Waals surface area (Å²) in [7, 11) is -1.85. The first kappa shape index (κ1) is 18.7. The number of carbonyl (C=O) groups is 1. The van der Waals surface area contributed by atoms with Crippen molar-refractivity contribution in [3.8, 4) is 0 Å². The molecule has 0 spiro atoms. The lowest BCUT2D eigenvalue weighted by atomic mass is 10.2. The van der Waals surface area contributed by atoms with Gasteiger partial charge in [0.15, 0.2) is 8.32 Å². The van der Waals surface area contributed by atoms with Crippen LogP contribution in [0.15, 0.2) is 0 Å². The first-order valence-corrected chi connectivity index (χ1v) is 11.6. The molecule has 23 heavy (non-hydrogen) atoms. The van der Waals surface area contributed by atoms with Gasteiger partial charge < -0.3 is 14.5 Å². The number of rotatable bonds is 2. The summed E-state index contributed by atoms with van der Waals surface area (Å²) in [6.07, 6.45) is 0.822. The molecule has 2 aliphatic rings. The second-order valence-corrected chi connectivity index (χ2v) is 14.2. The van der Waals surface area contributed by atoms with Gasteiger partial charge in [0.25, 0.3) is 0 Å². The topological polar surface area (TPSA) is 50.8 Å². The van der Waals surface area contributed by atoms with Crippen LogP contribution in [0.3, 0.4) is 0 Å². The minimum absolute atomic E-state index is 0.0812. The van der Waals surface area contributed by atoms with E-state index in [9.17, 15) is 4.79 Å². The molecule has 2 bridgehead atoms. The maximum absolute atomic E-state index is 12.6. The third-order valence-corrected chi connectivity index (χ3v) is 9.78. The van der Waals surface area contributed by atoms with E-state index in [1.54, 1.807) is 0 Å². The van der Waals surface area contributed by atoms with Crippen molar-refractivity contribution in [3.63, 3.8) is 0 Å². The molecule has 2 fully saturated rings. The molecule has 0 aromatic rings. The number of nitrogens with zero attached hydrogens (tertiary/aromatic N) is 1. The molecule has 0 aromatic heterocycles. The molecular formula is C17H34N2O3Si. The largest absolute Gasteiger partial charge is 0.444 e. The van der Waals surface area contributed by atoms with Crippen molar-refractivity contribution in [3.05, 3.63) is 0 Å². The zero-order valence-electron chi connectivity index (χ0n) is 16.0. The summed E-state index contributed by atoms with van der Waals surface area (Å²) in [6, 6.07) is 0.260. The molecule has 2 saturated heterocycles. The molecule has 134 valence electrons. The molecule has 2 aliphatic heterocycles. The van der Waals surface area contributed by atoms with Crippen LogP contribution in [-0.2, 0) is 9.16 Å². The van der Waals surface area contributed by atoms with Gasteiger partial charge in [-0.15, -0.1) is 0 Å². The van der Waals surface area contributed by atoms with Gasteiger partial charge in [-0.25, -0.2) is 4.79 Å². The molecule has 1 amide bonds. The zero-order chi connectivity index (χ0) is 17.6. The van der Waals surface area contributed by atoms with Crippen LogP contribution in [0.5, 0.6) is 0 Å². The molecular weight excluding hydrogens is 308 g/mol. The van der Waals surface area contributed by atoms with Crippen molar-refractivity contribution in [2.75, 3.05) is 13.1 Å². The smallest absolute Gasteiger partial charge is 0.410 e. The number of nitrogens with one attached hydrogen (secondary N) is 1. The Kier molecular flexibility index (Phi) is 4.92. The molecule has 5 nitrogen and oxygen atoms in total. The summed E-state index contributed by atoms with van der Waals surface area (Å²) >= 11 is 0. The van der Waals surface area contributed by atoms with E-state index in [-0.39, 0.29) is 29.3 Å². The maximum atomic E-state index is 12.6. The van der Waals surface area contributed by atoms with E-state index >= 15 is 0 Å². The summed E-state index contributed by atoms with van der Waals surface area (Å²) in [6.45, 7) is 18.7. The Hall–Kier alpha value is -0.593. The quantitative estimate of drug-likeness (QED) is 0.782. The van der Waals surface area contributed by atoms with Gasteiger partial charge in [0.05, 0.1) is 18.2 Å². The average molecular weight is 343 g/mol. The number of fused-ring (bicyclic) bond motifs is 2. The van der Waals surface area contributed by atoms with E-state index in [0.29, 0.717) is 0 Å². The van der Waals surface area contributed by atoms with Gasteiger partial charge in [-0.3, -0.25) is 4.90 Å². The Morgan fingerprint density at radius 2 is 1.74 bits per heavy atom. The first-order valence-electron chi connectivity index (χ1n) is 8.72. The van der Waals surface area contributed by atoms with E-state index in [0.717, 1.165) is 19.5 Å². The van der Waals surface area contributed by atoms with Crippen molar-refractivity contribution < 1.29 is 14.0 Å². The van der Waals surface area contributed by atoms with Crippen molar-refractivity contribution in [2.45, 2.75) is 89.9 Å². The summed E-state index contributed by atoms with van der Waals surface area (Å²) in [5, 5.41) is 3.61. The van der Waals surface area contributed by atoms with E-state index in [4.69, 9.17) is 9.16 Å². The fourth-order valence-corrected chi connectivity index (χ4v) is 4.44. The number of piperazine rings is 1. The highest BCUT2D eigenvalue weighted by molar-refractivity contribution is 6.74. The van der Waals surface area contributed by atoms with Crippen molar-refractivity contribution in [1.82, 2.24) is 10.2 Å².